The minimum atomic E-state index is -1.14. The minimum absolute atomic E-state index is 0.148. The molecule has 22 heavy (non-hydrogen) atoms. The summed E-state index contributed by atoms with van der Waals surface area (Å²) in [5.41, 5.74) is 9.17. The maximum Gasteiger partial charge on any atom is 0.282 e. The maximum atomic E-state index is 12.0. The van der Waals surface area contributed by atoms with Crippen molar-refractivity contribution in [1.29, 1.82) is 0 Å². The van der Waals surface area contributed by atoms with Crippen LogP contribution in [0.4, 0.5) is 11.4 Å². The first-order valence-corrected chi connectivity index (χ1v) is 7.53. The zero-order valence-corrected chi connectivity index (χ0v) is 12.8. The van der Waals surface area contributed by atoms with Gasteiger partial charge in [0, 0.05) is 21.7 Å². The Kier molecular flexibility index (Phi) is 3.13. The molecule has 3 N–H and O–H groups in total. The molecule has 1 amide bonds. The number of nitro groups is 1. The second-order valence-electron chi connectivity index (χ2n) is 5.71. The molecule has 1 aliphatic heterocycles. The summed E-state index contributed by atoms with van der Waals surface area (Å²) < 4.78 is 0. The predicted octanol–water partition coefficient (Wildman–Crippen LogP) is 2.32. The number of amides is 1. The lowest BCUT2D eigenvalue weighted by atomic mass is 9.85. The molecular formula is C14H14N4O3S. The van der Waals surface area contributed by atoms with E-state index in [4.69, 9.17) is 5.73 Å². The van der Waals surface area contributed by atoms with E-state index in [0.29, 0.717) is 16.9 Å². The number of carbonyl (C=O) groups is 1. The molecule has 2 heterocycles. The van der Waals surface area contributed by atoms with Crippen molar-refractivity contribution in [2.45, 2.75) is 25.3 Å². The fourth-order valence-corrected chi connectivity index (χ4v) is 3.20. The topological polar surface area (TPSA) is 111 Å². The monoisotopic (exact) mass is 318 g/mol. The first kappa shape index (κ1) is 14.5. The second kappa shape index (κ2) is 4.77. The smallest absolute Gasteiger partial charge is 0.282 e. The van der Waals surface area contributed by atoms with E-state index in [-0.39, 0.29) is 11.6 Å². The number of hydrogen-bond donors (Lipinski definition) is 2. The highest BCUT2D eigenvalue weighted by Gasteiger charge is 2.40. The Bertz CT molecular complexity index is 771. The zero-order chi connectivity index (χ0) is 16.1. The highest BCUT2D eigenvalue weighted by molar-refractivity contribution is 7.07. The maximum absolute atomic E-state index is 12.0. The molecule has 2 aromatic rings. The molecule has 0 saturated carbocycles. The van der Waals surface area contributed by atoms with Crippen molar-refractivity contribution in [3.63, 3.8) is 0 Å². The third kappa shape index (κ3) is 2.03. The van der Waals surface area contributed by atoms with Crippen molar-refractivity contribution >= 4 is 28.6 Å². The number of aromatic nitrogens is 1. The van der Waals surface area contributed by atoms with E-state index in [1.807, 2.05) is 0 Å². The summed E-state index contributed by atoms with van der Waals surface area (Å²) in [6.45, 7) is 3.58. The van der Waals surface area contributed by atoms with Gasteiger partial charge in [0.05, 0.1) is 16.5 Å². The van der Waals surface area contributed by atoms with Gasteiger partial charge in [-0.25, -0.2) is 4.98 Å². The molecule has 1 atom stereocenters. The fraction of sp³-hybridized carbons (Fsp3) is 0.286. The van der Waals surface area contributed by atoms with Gasteiger partial charge in [-0.3, -0.25) is 14.9 Å². The van der Waals surface area contributed by atoms with Crippen LogP contribution in [0.2, 0.25) is 0 Å². The summed E-state index contributed by atoms with van der Waals surface area (Å²) in [5.74, 6) is -0.148. The Morgan fingerprint density at radius 3 is 2.77 bits per heavy atom. The first-order valence-electron chi connectivity index (χ1n) is 6.59. The van der Waals surface area contributed by atoms with E-state index in [1.54, 1.807) is 36.9 Å². The van der Waals surface area contributed by atoms with Gasteiger partial charge in [-0.2, -0.15) is 0 Å². The molecule has 1 unspecified atom stereocenters. The number of benzene rings is 1. The molecule has 0 fully saturated rings. The van der Waals surface area contributed by atoms with Gasteiger partial charge in [-0.15, -0.1) is 11.3 Å². The number of fused-ring (bicyclic) bond motifs is 1. The normalized spacial score (nSPS) is 16.9. The quantitative estimate of drug-likeness (QED) is 0.512. The van der Waals surface area contributed by atoms with Crippen molar-refractivity contribution < 1.29 is 9.72 Å². The number of nitrogens with zero attached hydrogens (tertiary/aromatic N) is 2. The van der Waals surface area contributed by atoms with Gasteiger partial charge in [-0.1, -0.05) is 0 Å². The molecule has 0 bridgehead atoms. The van der Waals surface area contributed by atoms with Gasteiger partial charge in [0.2, 0.25) is 5.91 Å². The van der Waals surface area contributed by atoms with Crippen molar-refractivity contribution in [2.24, 2.45) is 0 Å². The summed E-state index contributed by atoms with van der Waals surface area (Å²) in [7, 11) is 0. The molecular weight excluding hydrogens is 304 g/mol. The zero-order valence-electron chi connectivity index (χ0n) is 12.0. The van der Waals surface area contributed by atoms with Crippen LogP contribution in [-0.2, 0) is 10.2 Å². The first-order chi connectivity index (χ1) is 10.3. The Labute approximate surface area is 130 Å². The standard InChI is InChI=1S/C14H14N4O3S/c1-14(2)8-4-9(15)7(3-10(8)17-13(14)19)12(18(20)21)11-5-22-6-16-11/h3-6,12H,15H2,1-2H3,(H,17,19). The molecule has 0 aliphatic carbocycles. The van der Waals surface area contributed by atoms with E-state index < -0.39 is 16.4 Å². The van der Waals surface area contributed by atoms with E-state index in [2.05, 4.69) is 10.3 Å². The lowest BCUT2D eigenvalue weighted by Crippen LogP contribution is -2.26. The number of rotatable bonds is 3. The Morgan fingerprint density at radius 2 is 2.18 bits per heavy atom. The van der Waals surface area contributed by atoms with Crippen molar-refractivity contribution in [1.82, 2.24) is 4.98 Å². The Balaban J connectivity index is 2.16. The van der Waals surface area contributed by atoms with Gasteiger partial charge in [0.1, 0.15) is 5.69 Å². The molecule has 3 rings (SSSR count). The highest BCUT2D eigenvalue weighted by atomic mass is 32.1. The van der Waals surface area contributed by atoms with Crippen LogP contribution < -0.4 is 11.1 Å². The van der Waals surface area contributed by atoms with E-state index in [9.17, 15) is 14.9 Å². The number of nitrogens with two attached hydrogens (primary N) is 1. The van der Waals surface area contributed by atoms with Crippen LogP contribution in [0.5, 0.6) is 0 Å². The molecule has 8 heteroatoms. The van der Waals surface area contributed by atoms with E-state index in [0.717, 1.165) is 5.56 Å². The average molecular weight is 318 g/mol. The van der Waals surface area contributed by atoms with Crippen molar-refractivity contribution in [3.8, 4) is 0 Å². The lowest BCUT2D eigenvalue weighted by Gasteiger charge is -2.17. The molecule has 7 nitrogen and oxygen atoms in total. The number of anilines is 2. The number of hydrogen-bond acceptors (Lipinski definition) is 6. The third-order valence-electron chi connectivity index (χ3n) is 3.95. The largest absolute Gasteiger partial charge is 0.398 e. The third-order valence-corrected chi connectivity index (χ3v) is 4.55. The van der Waals surface area contributed by atoms with Gasteiger partial charge in [0.15, 0.2) is 0 Å². The molecule has 114 valence electrons. The fourth-order valence-electron chi connectivity index (χ4n) is 2.63. The molecule has 1 aliphatic rings. The van der Waals surface area contributed by atoms with E-state index in [1.165, 1.54) is 11.3 Å². The van der Waals surface area contributed by atoms with Gasteiger partial charge >= 0.3 is 0 Å². The summed E-state index contributed by atoms with van der Waals surface area (Å²) in [6, 6.07) is 2.09. The Hall–Kier alpha value is -2.48. The van der Waals surface area contributed by atoms with Gasteiger partial charge < -0.3 is 11.1 Å². The lowest BCUT2D eigenvalue weighted by molar-refractivity contribution is -0.517. The van der Waals surface area contributed by atoms with Crippen LogP contribution in [-0.4, -0.2) is 15.8 Å². The van der Waals surface area contributed by atoms with Crippen LogP contribution >= 0.6 is 11.3 Å². The Morgan fingerprint density at radius 1 is 1.45 bits per heavy atom. The van der Waals surface area contributed by atoms with E-state index >= 15 is 0 Å². The minimum Gasteiger partial charge on any atom is -0.398 e. The van der Waals surface area contributed by atoms with Crippen LogP contribution in [0.25, 0.3) is 0 Å². The number of carbonyl (C=O) groups excluding carboxylic acids is 1. The van der Waals surface area contributed by atoms with Crippen LogP contribution in [0, 0.1) is 10.1 Å². The van der Waals surface area contributed by atoms with Gasteiger partial charge in [-0.05, 0) is 31.5 Å². The summed E-state index contributed by atoms with van der Waals surface area (Å²) in [5, 5.41) is 15.9. The SMILES string of the molecule is CC1(C)C(=O)Nc2cc(C(c3cscn3)[N+](=O)[O-])c(N)cc21. The van der Waals surface area contributed by atoms with Crippen LogP contribution in [0.1, 0.15) is 36.7 Å². The highest BCUT2D eigenvalue weighted by Crippen LogP contribution is 2.42. The van der Waals surface area contributed by atoms with Crippen LogP contribution in [0.15, 0.2) is 23.0 Å². The summed E-state index contributed by atoms with van der Waals surface area (Å²) in [4.78, 5) is 27.1. The molecule has 0 radical (unpaired) electrons. The summed E-state index contributed by atoms with van der Waals surface area (Å²) in [6.07, 6.45) is 0. The molecule has 0 spiro atoms. The van der Waals surface area contributed by atoms with Crippen LogP contribution in [0.3, 0.4) is 0 Å². The second-order valence-corrected chi connectivity index (χ2v) is 6.43. The van der Waals surface area contributed by atoms with Gasteiger partial charge in [0.25, 0.3) is 6.04 Å². The summed E-state index contributed by atoms with van der Waals surface area (Å²) >= 11 is 1.29. The molecule has 0 saturated heterocycles. The number of nitrogens with one attached hydrogen (secondary N) is 1. The number of thiazole rings is 1. The number of nitrogen functional groups attached to an aromatic ring is 1. The molecule has 1 aromatic carbocycles. The van der Waals surface area contributed by atoms with Crippen molar-refractivity contribution in [3.05, 3.63) is 50.0 Å². The van der Waals surface area contributed by atoms with Crippen molar-refractivity contribution in [2.75, 3.05) is 11.1 Å². The molecule has 1 aromatic heterocycles. The average Bonchev–Trinajstić information content (AvgIpc) is 3.01. The predicted molar refractivity (Wildman–Crippen MR) is 83.5 cm³/mol.